The molecule has 134 valence electrons. The molecule has 0 spiro atoms. The number of rotatable bonds is 10. The lowest BCUT2D eigenvalue weighted by Gasteiger charge is -2.23. The number of carbonyl (C=O) groups is 2. The van der Waals surface area contributed by atoms with Crippen LogP contribution in [0.4, 0.5) is 0 Å². The number of carbonyl (C=O) groups excluding carboxylic acids is 2. The van der Waals surface area contributed by atoms with Gasteiger partial charge in [0.15, 0.2) is 0 Å². The second-order valence-electron chi connectivity index (χ2n) is 5.39. The monoisotopic (exact) mass is 340 g/mol. The fourth-order valence-electron chi connectivity index (χ4n) is 2.50. The molecule has 0 aliphatic heterocycles. The zero-order valence-corrected chi connectivity index (χ0v) is 14.5. The van der Waals surface area contributed by atoms with Crippen molar-refractivity contribution in [3.05, 3.63) is 33.6 Å². The molecule has 8 nitrogen and oxygen atoms in total. The predicted molar refractivity (Wildman–Crippen MR) is 86.5 cm³/mol. The summed E-state index contributed by atoms with van der Waals surface area (Å²) in [4.78, 5) is 35.2. The Hall–Kier alpha value is -2.22. The number of unbranched alkanes of at least 4 members (excludes halogenated alkanes) is 1. The summed E-state index contributed by atoms with van der Waals surface area (Å²) in [5.41, 5.74) is 0.737. The Kier molecular flexibility index (Phi) is 7.57. The van der Waals surface area contributed by atoms with Crippen LogP contribution in [0.25, 0.3) is 0 Å². The van der Waals surface area contributed by atoms with Crippen LogP contribution in [-0.4, -0.2) is 41.0 Å². The van der Waals surface area contributed by atoms with Crippen LogP contribution in [-0.2, 0) is 14.3 Å². The van der Waals surface area contributed by atoms with Crippen LogP contribution >= 0.6 is 0 Å². The van der Waals surface area contributed by atoms with Crippen LogP contribution in [0.5, 0.6) is 0 Å². The second-order valence-corrected chi connectivity index (χ2v) is 5.39. The quantitative estimate of drug-likeness (QED) is 0.368. The number of ketones is 1. The Labute approximate surface area is 140 Å². The maximum Gasteiger partial charge on any atom is 0.355 e. The summed E-state index contributed by atoms with van der Waals surface area (Å²) >= 11 is 0. The average molecular weight is 340 g/mol. The first kappa shape index (κ1) is 19.8. The highest BCUT2D eigenvalue weighted by atomic mass is 16.6. The van der Waals surface area contributed by atoms with E-state index in [4.69, 9.17) is 9.47 Å². The van der Waals surface area contributed by atoms with Gasteiger partial charge < -0.3 is 14.0 Å². The number of hydrogen-bond donors (Lipinski definition) is 0. The Morgan fingerprint density at radius 2 is 2.04 bits per heavy atom. The van der Waals surface area contributed by atoms with E-state index in [2.05, 4.69) is 0 Å². The lowest BCUT2D eigenvalue weighted by molar-refractivity contribution is -0.526. The van der Waals surface area contributed by atoms with Gasteiger partial charge in [0.1, 0.15) is 5.69 Å². The van der Waals surface area contributed by atoms with Crippen molar-refractivity contribution in [2.75, 3.05) is 13.7 Å². The number of ether oxygens (including phenoxy) is 2. The molecule has 2 unspecified atom stereocenters. The molecule has 0 aliphatic rings. The van der Waals surface area contributed by atoms with Crippen LogP contribution in [0.2, 0.25) is 0 Å². The van der Waals surface area contributed by atoms with Gasteiger partial charge in [0.2, 0.25) is 12.0 Å². The van der Waals surface area contributed by atoms with Crippen molar-refractivity contribution < 1.29 is 24.0 Å². The first-order chi connectivity index (χ1) is 11.4. The summed E-state index contributed by atoms with van der Waals surface area (Å²) in [6.45, 7) is 5.42. The van der Waals surface area contributed by atoms with Crippen LogP contribution < -0.4 is 0 Å². The van der Waals surface area contributed by atoms with Crippen molar-refractivity contribution >= 4 is 11.8 Å². The van der Waals surface area contributed by atoms with E-state index in [1.165, 1.54) is 17.9 Å². The fourth-order valence-corrected chi connectivity index (χ4v) is 2.50. The molecule has 0 amide bonds. The standard InChI is InChI=1S/C16H24N2O6/c1-5-7-8-12(19)14(18(21)22)15(24-6-2)17-10-9-11(3)13(17)16(20)23-4/h9-10,14-15H,5-8H2,1-4H3. The van der Waals surface area contributed by atoms with E-state index in [1.807, 2.05) is 6.92 Å². The molecule has 1 aromatic rings. The number of aromatic nitrogens is 1. The SMILES string of the molecule is CCCCC(=O)C(C(OCC)n1ccc(C)c1C(=O)OC)[N+](=O)[O-]. The van der Waals surface area contributed by atoms with Gasteiger partial charge >= 0.3 is 12.0 Å². The molecule has 0 aliphatic carbocycles. The van der Waals surface area contributed by atoms with Crippen LogP contribution in [0, 0.1) is 17.0 Å². The number of hydrogen-bond acceptors (Lipinski definition) is 6. The first-order valence-corrected chi connectivity index (χ1v) is 7.92. The van der Waals surface area contributed by atoms with Crippen molar-refractivity contribution in [2.45, 2.75) is 52.3 Å². The van der Waals surface area contributed by atoms with Crippen molar-refractivity contribution in [1.29, 1.82) is 0 Å². The highest BCUT2D eigenvalue weighted by Crippen LogP contribution is 2.24. The Balaban J connectivity index is 3.32. The molecule has 0 aromatic carbocycles. The van der Waals surface area contributed by atoms with Gasteiger partial charge in [0.25, 0.3) is 0 Å². The molecule has 0 N–H and O–H groups in total. The van der Waals surface area contributed by atoms with E-state index >= 15 is 0 Å². The molecule has 24 heavy (non-hydrogen) atoms. The molecule has 0 fully saturated rings. The maximum atomic E-state index is 12.3. The van der Waals surface area contributed by atoms with Crippen molar-refractivity contribution in [2.24, 2.45) is 0 Å². The van der Waals surface area contributed by atoms with Gasteiger partial charge in [-0.15, -0.1) is 0 Å². The topological polar surface area (TPSA) is 101 Å². The van der Waals surface area contributed by atoms with Gasteiger partial charge in [0.05, 0.1) is 7.11 Å². The Morgan fingerprint density at radius 1 is 1.38 bits per heavy atom. The third-order valence-electron chi connectivity index (χ3n) is 3.71. The minimum atomic E-state index is -1.58. The van der Waals surface area contributed by atoms with Gasteiger partial charge in [-0.1, -0.05) is 13.3 Å². The Morgan fingerprint density at radius 3 is 2.54 bits per heavy atom. The average Bonchev–Trinajstić information content (AvgIpc) is 2.92. The number of Topliss-reactive ketones (excluding diaryl/α,β-unsaturated/α-hetero) is 1. The van der Waals surface area contributed by atoms with E-state index in [0.29, 0.717) is 12.0 Å². The van der Waals surface area contributed by atoms with E-state index in [9.17, 15) is 19.7 Å². The van der Waals surface area contributed by atoms with Gasteiger partial charge in [-0.2, -0.15) is 0 Å². The van der Waals surface area contributed by atoms with Crippen LogP contribution in [0.3, 0.4) is 0 Å². The third-order valence-corrected chi connectivity index (χ3v) is 3.71. The van der Waals surface area contributed by atoms with E-state index in [1.54, 1.807) is 19.9 Å². The van der Waals surface area contributed by atoms with Gasteiger partial charge in [-0.05, 0) is 31.9 Å². The van der Waals surface area contributed by atoms with Gasteiger partial charge in [-0.25, -0.2) is 4.79 Å². The highest BCUT2D eigenvalue weighted by molar-refractivity contribution is 5.89. The molecular formula is C16H24N2O6. The predicted octanol–water partition coefficient (Wildman–Crippen LogP) is 2.52. The van der Waals surface area contributed by atoms with E-state index < -0.39 is 28.9 Å². The number of esters is 1. The summed E-state index contributed by atoms with van der Waals surface area (Å²) < 4.78 is 11.6. The minimum absolute atomic E-state index is 0.0968. The zero-order chi connectivity index (χ0) is 18.3. The first-order valence-electron chi connectivity index (χ1n) is 7.92. The molecule has 0 saturated heterocycles. The van der Waals surface area contributed by atoms with Crippen molar-refractivity contribution in [1.82, 2.24) is 4.57 Å². The molecule has 2 atom stereocenters. The summed E-state index contributed by atoms with van der Waals surface area (Å²) in [6.07, 6.45) is 1.73. The molecule has 1 rings (SSSR count). The molecule has 0 bridgehead atoms. The normalized spacial score (nSPS) is 13.3. The van der Waals surface area contributed by atoms with Crippen LogP contribution in [0.1, 0.15) is 55.4 Å². The minimum Gasteiger partial charge on any atom is -0.464 e. The molecule has 0 saturated carbocycles. The fraction of sp³-hybridized carbons (Fsp3) is 0.625. The maximum absolute atomic E-state index is 12.3. The molecule has 8 heteroatoms. The lowest BCUT2D eigenvalue weighted by Crippen LogP contribution is -2.40. The van der Waals surface area contributed by atoms with Gasteiger partial charge in [0, 0.05) is 24.1 Å². The van der Waals surface area contributed by atoms with E-state index in [-0.39, 0.29) is 18.7 Å². The lowest BCUT2D eigenvalue weighted by atomic mass is 10.1. The number of aryl methyl sites for hydroxylation is 1. The van der Waals surface area contributed by atoms with Crippen LogP contribution in [0.15, 0.2) is 12.3 Å². The van der Waals surface area contributed by atoms with Crippen molar-refractivity contribution in [3.8, 4) is 0 Å². The van der Waals surface area contributed by atoms with Gasteiger partial charge in [-0.3, -0.25) is 14.9 Å². The highest BCUT2D eigenvalue weighted by Gasteiger charge is 2.41. The molecule has 1 heterocycles. The summed E-state index contributed by atoms with van der Waals surface area (Å²) in [6, 6.07) is 0.0536. The number of nitro groups is 1. The summed E-state index contributed by atoms with van der Waals surface area (Å²) in [5.74, 6) is -1.15. The summed E-state index contributed by atoms with van der Waals surface area (Å²) in [5, 5.41) is 11.5. The van der Waals surface area contributed by atoms with E-state index in [0.717, 1.165) is 6.42 Å². The number of methoxy groups -OCH3 is 1. The zero-order valence-electron chi connectivity index (χ0n) is 14.5. The summed E-state index contributed by atoms with van der Waals surface area (Å²) in [7, 11) is 1.23. The smallest absolute Gasteiger partial charge is 0.355 e. The molecule has 1 aromatic heterocycles. The third kappa shape index (κ3) is 4.41. The Bertz CT molecular complexity index is 595. The largest absolute Gasteiger partial charge is 0.464 e. The van der Waals surface area contributed by atoms with Crippen molar-refractivity contribution in [3.63, 3.8) is 0 Å². The molecule has 0 radical (unpaired) electrons. The second kappa shape index (κ2) is 9.17. The molecular weight excluding hydrogens is 316 g/mol. The number of nitrogens with zero attached hydrogens (tertiary/aromatic N) is 2.